The number of nitrogen functional groups attached to an aromatic ring is 1. The summed E-state index contributed by atoms with van der Waals surface area (Å²) in [7, 11) is 1.64. The number of thiazole rings is 1. The van der Waals surface area contributed by atoms with Crippen LogP contribution in [0.25, 0.3) is 43.9 Å². The summed E-state index contributed by atoms with van der Waals surface area (Å²) in [5.74, 6) is 0.450. The van der Waals surface area contributed by atoms with Crippen LogP contribution in [0.1, 0.15) is 9.67 Å². The summed E-state index contributed by atoms with van der Waals surface area (Å²) < 4.78 is 6.34. The van der Waals surface area contributed by atoms with Gasteiger partial charge in [-0.1, -0.05) is 70.5 Å². The predicted octanol–water partition coefficient (Wildman–Crippen LogP) is 8.36. The zero-order valence-electron chi connectivity index (χ0n) is 20.6. The van der Waals surface area contributed by atoms with Gasteiger partial charge in [-0.3, -0.25) is 10.1 Å². The largest absolute Gasteiger partial charge is 0.497 e. The molecule has 1 amide bonds. The standard InChI is InChI=1S/C30H21BrN4O2S2/c1-37-21-13-9-17(10-14-21)22-15-23(18-5-3-2-4-6-18)33-29-25(22)26(32)27(39-29)28(36)35-30-34-24(16-38-30)19-7-11-20(31)12-8-19/h2-16H,32H2,1H3,(H,34,35,36). The molecule has 3 N–H and O–H groups in total. The Morgan fingerprint density at radius 3 is 2.31 bits per heavy atom. The lowest BCUT2D eigenvalue weighted by atomic mass is 9.99. The summed E-state index contributed by atoms with van der Waals surface area (Å²) in [6.07, 6.45) is 0. The van der Waals surface area contributed by atoms with Gasteiger partial charge in [0.25, 0.3) is 5.91 Å². The highest BCUT2D eigenvalue weighted by atomic mass is 79.9. The molecule has 0 aliphatic rings. The highest BCUT2D eigenvalue weighted by molar-refractivity contribution is 9.10. The van der Waals surface area contributed by atoms with Gasteiger partial charge in [-0.05, 0) is 41.5 Å². The van der Waals surface area contributed by atoms with E-state index in [1.165, 1.54) is 22.7 Å². The highest BCUT2D eigenvalue weighted by Gasteiger charge is 2.22. The summed E-state index contributed by atoms with van der Waals surface area (Å²) >= 11 is 6.10. The number of nitrogens with two attached hydrogens (primary N) is 1. The smallest absolute Gasteiger partial charge is 0.269 e. The Hall–Kier alpha value is -4.05. The zero-order valence-corrected chi connectivity index (χ0v) is 23.9. The molecule has 0 aliphatic heterocycles. The van der Waals surface area contributed by atoms with Crippen molar-refractivity contribution in [3.8, 4) is 39.4 Å². The van der Waals surface area contributed by atoms with Crippen LogP contribution in [0.5, 0.6) is 5.75 Å². The molecule has 0 spiro atoms. The molecule has 3 aromatic heterocycles. The second kappa shape index (κ2) is 10.6. The van der Waals surface area contributed by atoms with Crippen molar-refractivity contribution >= 4 is 65.5 Å². The fourth-order valence-corrected chi connectivity index (χ4v) is 6.28. The molecule has 6 rings (SSSR count). The molecule has 3 heterocycles. The fourth-order valence-electron chi connectivity index (χ4n) is 4.28. The maximum absolute atomic E-state index is 13.4. The van der Waals surface area contributed by atoms with Crippen LogP contribution in [0.4, 0.5) is 10.8 Å². The summed E-state index contributed by atoms with van der Waals surface area (Å²) in [6, 6.07) is 27.6. The maximum atomic E-state index is 13.4. The number of rotatable bonds is 6. The Kier molecular flexibility index (Phi) is 6.86. The van der Waals surface area contributed by atoms with Crippen LogP contribution in [0.2, 0.25) is 0 Å². The monoisotopic (exact) mass is 612 g/mol. The van der Waals surface area contributed by atoms with Crippen LogP contribution in [0.3, 0.4) is 0 Å². The molecule has 0 atom stereocenters. The second-order valence-electron chi connectivity index (χ2n) is 8.67. The molecule has 0 bridgehead atoms. The van der Waals surface area contributed by atoms with Gasteiger partial charge in [0.15, 0.2) is 5.13 Å². The van der Waals surface area contributed by atoms with Crippen molar-refractivity contribution in [1.82, 2.24) is 9.97 Å². The molecule has 6 nitrogen and oxygen atoms in total. The lowest BCUT2D eigenvalue weighted by Gasteiger charge is -2.09. The molecule has 0 aliphatic carbocycles. The van der Waals surface area contributed by atoms with E-state index >= 15 is 0 Å². The number of aromatic nitrogens is 2. The number of nitrogens with zero attached hydrogens (tertiary/aromatic N) is 2. The minimum Gasteiger partial charge on any atom is -0.497 e. The minimum atomic E-state index is -0.311. The van der Waals surface area contributed by atoms with Crippen LogP contribution >= 0.6 is 38.6 Å². The fraction of sp³-hybridized carbons (Fsp3) is 0.0333. The molecule has 192 valence electrons. The van der Waals surface area contributed by atoms with Crippen LogP contribution in [0.15, 0.2) is 94.8 Å². The number of benzene rings is 3. The third-order valence-corrected chi connectivity index (χ3v) is 8.62. The quantitative estimate of drug-likeness (QED) is 0.197. The van der Waals surface area contributed by atoms with Gasteiger partial charge < -0.3 is 10.5 Å². The SMILES string of the molecule is COc1ccc(-c2cc(-c3ccccc3)nc3sc(C(=O)Nc4nc(-c5ccc(Br)cc5)cs4)c(N)c23)cc1. The van der Waals surface area contributed by atoms with Gasteiger partial charge in [-0.25, -0.2) is 9.97 Å². The van der Waals surface area contributed by atoms with Crippen molar-refractivity contribution in [2.24, 2.45) is 0 Å². The summed E-state index contributed by atoms with van der Waals surface area (Å²) in [5, 5.41) is 6.10. The first-order valence-electron chi connectivity index (χ1n) is 12.0. The zero-order chi connectivity index (χ0) is 26.9. The number of carbonyl (C=O) groups excluding carboxylic acids is 1. The molecule has 0 saturated carbocycles. The molecule has 0 fully saturated rings. The molecule has 9 heteroatoms. The van der Waals surface area contributed by atoms with E-state index in [4.69, 9.17) is 15.5 Å². The lowest BCUT2D eigenvalue weighted by molar-refractivity contribution is 0.103. The number of carbonyl (C=O) groups is 1. The number of halogens is 1. The second-order valence-corrected chi connectivity index (χ2v) is 11.4. The number of hydrogen-bond acceptors (Lipinski definition) is 7. The number of ether oxygens (including phenoxy) is 1. The van der Waals surface area contributed by atoms with E-state index in [-0.39, 0.29) is 5.91 Å². The number of hydrogen-bond donors (Lipinski definition) is 2. The van der Waals surface area contributed by atoms with E-state index in [1.807, 2.05) is 90.3 Å². The first-order chi connectivity index (χ1) is 19.0. The number of nitrogens with one attached hydrogen (secondary N) is 1. The van der Waals surface area contributed by atoms with Crippen molar-refractivity contribution in [1.29, 1.82) is 0 Å². The molecule has 0 saturated heterocycles. The topological polar surface area (TPSA) is 90.1 Å². The molecule has 6 aromatic rings. The Balaban J connectivity index is 1.40. The molecule has 3 aromatic carbocycles. The first kappa shape index (κ1) is 25.2. The van der Waals surface area contributed by atoms with Crippen molar-refractivity contribution in [2.75, 3.05) is 18.2 Å². The van der Waals surface area contributed by atoms with Gasteiger partial charge >= 0.3 is 0 Å². The Morgan fingerprint density at radius 1 is 0.897 bits per heavy atom. The van der Waals surface area contributed by atoms with Gasteiger partial charge in [0, 0.05) is 26.4 Å². The Morgan fingerprint density at radius 2 is 1.59 bits per heavy atom. The first-order valence-corrected chi connectivity index (χ1v) is 14.4. The number of pyridine rings is 1. The molecule has 0 radical (unpaired) electrons. The Bertz CT molecular complexity index is 1800. The summed E-state index contributed by atoms with van der Waals surface area (Å²) in [5.41, 5.74) is 12.5. The normalized spacial score (nSPS) is 11.0. The van der Waals surface area contributed by atoms with Gasteiger partial charge in [0.05, 0.1) is 24.2 Å². The maximum Gasteiger partial charge on any atom is 0.269 e. The molecular formula is C30H21BrN4O2S2. The summed E-state index contributed by atoms with van der Waals surface area (Å²) in [4.78, 5) is 24.0. The number of methoxy groups -OCH3 is 1. The van der Waals surface area contributed by atoms with E-state index in [9.17, 15) is 4.79 Å². The van der Waals surface area contributed by atoms with E-state index in [2.05, 4.69) is 26.2 Å². The van der Waals surface area contributed by atoms with Gasteiger partial charge in [-0.15, -0.1) is 22.7 Å². The van der Waals surface area contributed by atoms with Gasteiger partial charge in [0.1, 0.15) is 15.5 Å². The van der Waals surface area contributed by atoms with E-state index in [1.54, 1.807) is 7.11 Å². The highest BCUT2D eigenvalue weighted by Crippen LogP contribution is 2.42. The molecular weight excluding hydrogens is 592 g/mol. The molecule has 39 heavy (non-hydrogen) atoms. The van der Waals surface area contributed by atoms with E-state index in [0.29, 0.717) is 20.5 Å². The number of anilines is 2. The van der Waals surface area contributed by atoms with E-state index in [0.717, 1.165) is 49.3 Å². The van der Waals surface area contributed by atoms with Crippen LogP contribution in [0, 0.1) is 0 Å². The van der Waals surface area contributed by atoms with Gasteiger partial charge in [0.2, 0.25) is 0 Å². The third-order valence-electron chi connectivity index (χ3n) is 6.24. The number of amides is 1. The predicted molar refractivity (Wildman–Crippen MR) is 165 cm³/mol. The van der Waals surface area contributed by atoms with Gasteiger partial charge in [-0.2, -0.15) is 0 Å². The lowest BCUT2D eigenvalue weighted by Crippen LogP contribution is -2.11. The summed E-state index contributed by atoms with van der Waals surface area (Å²) in [6.45, 7) is 0. The Labute approximate surface area is 241 Å². The van der Waals surface area contributed by atoms with Crippen LogP contribution < -0.4 is 15.8 Å². The number of fused-ring (bicyclic) bond motifs is 1. The average Bonchev–Trinajstić information content (AvgIpc) is 3.58. The van der Waals surface area contributed by atoms with E-state index < -0.39 is 0 Å². The molecule has 0 unspecified atom stereocenters. The van der Waals surface area contributed by atoms with Crippen LogP contribution in [-0.4, -0.2) is 23.0 Å². The third kappa shape index (κ3) is 5.04. The van der Waals surface area contributed by atoms with Crippen molar-refractivity contribution in [3.63, 3.8) is 0 Å². The van der Waals surface area contributed by atoms with Crippen molar-refractivity contribution in [2.45, 2.75) is 0 Å². The van der Waals surface area contributed by atoms with Crippen molar-refractivity contribution < 1.29 is 9.53 Å². The minimum absolute atomic E-state index is 0.311. The average molecular weight is 614 g/mol. The number of thiophene rings is 1. The van der Waals surface area contributed by atoms with Crippen molar-refractivity contribution in [3.05, 3.63) is 99.7 Å². The van der Waals surface area contributed by atoms with Crippen LogP contribution in [-0.2, 0) is 0 Å².